The number of fused-ring (bicyclic) bond motifs is 1. The van der Waals surface area contributed by atoms with E-state index >= 15 is 0 Å². The molecule has 1 atom stereocenters. The smallest absolute Gasteiger partial charge is 0.215 e. The lowest BCUT2D eigenvalue weighted by Gasteiger charge is -2.15. The van der Waals surface area contributed by atoms with E-state index in [-0.39, 0.29) is 6.17 Å². The Bertz CT molecular complexity index is 528. The third-order valence-corrected chi connectivity index (χ3v) is 5.10. The van der Waals surface area contributed by atoms with Crippen LogP contribution in [0.2, 0.25) is 0 Å². The van der Waals surface area contributed by atoms with Crippen molar-refractivity contribution in [3.8, 4) is 0 Å². The van der Waals surface area contributed by atoms with E-state index in [1.54, 1.807) is 13.8 Å². The fourth-order valence-electron chi connectivity index (χ4n) is 1.74. The van der Waals surface area contributed by atoms with Gasteiger partial charge in [-0.05, 0) is 37.6 Å². The Morgan fingerprint density at radius 3 is 2.82 bits per heavy atom. The average molecular weight is 319 g/mol. The molecule has 0 spiro atoms. The van der Waals surface area contributed by atoms with Crippen molar-refractivity contribution >= 4 is 31.6 Å². The molecule has 2 rings (SSSR count). The van der Waals surface area contributed by atoms with Gasteiger partial charge in [-0.2, -0.15) is 4.72 Å². The zero-order valence-electron chi connectivity index (χ0n) is 9.70. The number of rotatable bonds is 3. The molecule has 0 radical (unpaired) electrons. The van der Waals surface area contributed by atoms with Gasteiger partial charge in [-0.15, -0.1) is 0 Å². The molecule has 0 unspecified atom stereocenters. The van der Waals surface area contributed by atoms with E-state index < -0.39 is 15.3 Å². The third kappa shape index (κ3) is 2.81. The second-order valence-corrected chi connectivity index (χ2v) is 7.60. The Morgan fingerprint density at radius 2 is 2.18 bits per heavy atom. The summed E-state index contributed by atoms with van der Waals surface area (Å²) in [6.45, 7) is 3.34. The largest absolute Gasteiger partial charge is 0.368 e. The van der Waals surface area contributed by atoms with Gasteiger partial charge in [-0.3, -0.25) is 0 Å². The first-order chi connectivity index (χ1) is 7.88. The molecule has 1 aromatic carbocycles. The van der Waals surface area contributed by atoms with E-state index in [0.717, 1.165) is 15.7 Å². The summed E-state index contributed by atoms with van der Waals surface area (Å²) in [5.41, 5.74) is 2.11. The number of benzene rings is 1. The summed E-state index contributed by atoms with van der Waals surface area (Å²) in [7, 11) is -3.23. The minimum Gasteiger partial charge on any atom is -0.368 e. The Balaban J connectivity index is 2.11. The summed E-state index contributed by atoms with van der Waals surface area (Å²) in [4.78, 5) is 0. The van der Waals surface area contributed by atoms with Crippen LogP contribution in [-0.2, 0) is 16.4 Å². The van der Waals surface area contributed by atoms with Crippen molar-refractivity contribution in [3.05, 3.63) is 28.2 Å². The van der Waals surface area contributed by atoms with Gasteiger partial charge in [0.1, 0.15) is 0 Å². The van der Waals surface area contributed by atoms with Crippen LogP contribution < -0.4 is 10.0 Å². The maximum atomic E-state index is 11.7. The second-order valence-electron chi connectivity index (χ2n) is 4.41. The highest BCUT2D eigenvalue weighted by molar-refractivity contribution is 9.10. The van der Waals surface area contributed by atoms with Gasteiger partial charge in [0.25, 0.3) is 0 Å². The molecule has 17 heavy (non-hydrogen) atoms. The average Bonchev–Trinajstić information content (AvgIpc) is 2.57. The van der Waals surface area contributed by atoms with Crippen molar-refractivity contribution in [3.63, 3.8) is 0 Å². The van der Waals surface area contributed by atoms with E-state index in [1.165, 1.54) is 0 Å². The van der Waals surface area contributed by atoms with Crippen LogP contribution in [0.25, 0.3) is 0 Å². The van der Waals surface area contributed by atoms with Gasteiger partial charge < -0.3 is 5.32 Å². The van der Waals surface area contributed by atoms with Crippen LogP contribution in [0.4, 0.5) is 5.69 Å². The molecule has 0 bridgehead atoms. The normalized spacial score (nSPS) is 19.2. The van der Waals surface area contributed by atoms with E-state index in [2.05, 4.69) is 26.0 Å². The van der Waals surface area contributed by atoms with Gasteiger partial charge in [-0.1, -0.05) is 15.9 Å². The maximum absolute atomic E-state index is 11.7. The van der Waals surface area contributed by atoms with Gasteiger partial charge in [-0.25, -0.2) is 8.42 Å². The van der Waals surface area contributed by atoms with Crippen LogP contribution in [0.15, 0.2) is 22.7 Å². The van der Waals surface area contributed by atoms with Gasteiger partial charge in [0.05, 0.1) is 11.4 Å². The minimum atomic E-state index is -3.23. The van der Waals surface area contributed by atoms with Crippen molar-refractivity contribution in [1.29, 1.82) is 0 Å². The SMILES string of the molecule is CC(C)S(=O)(=O)N[C@H]1Cc2cc(Br)ccc2N1. The predicted molar refractivity (Wildman–Crippen MR) is 72.4 cm³/mol. The monoisotopic (exact) mass is 318 g/mol. The first-order valence-electron chi connectivity index (χ1n) is 5.44. The molecule has 0 fully saturated rings. The quantitative estimate of drug-likeness (QED) is 0.897. The first-order valence-corrected chi connectivity index (χ1v) is 7.78. The van der Waals surface area contributed by atoms with Gasteiger partial charge in [0.2, 0.25) is 10.0 Å². The number of nitrogens with one attached hydrogen (secondary N) is 2. The van der Waals surface area contributed by atoms with Crippen LogP contribution in [0, 0.1) is 0 Å². The fourth-order valence-corrected chi connectivity index (χ4v) is 2.96. The zero-order chi connectivity index (χ0) is 12.6. The van der Waals surface area contributed by atoms with Crippen LogP contribution >= 0.6 is 15.9 Å². The Morgan fingerprint density at radius 1 is 1.47 bits per heavy atom. The molecule has 1 aliphatic rings. The molecule has 4 nitrogen and oxygen atoms in total. The number of anilines is 1. The first kappa shape index (κ1) is 12.9. The summed E-state index contributed by atoms with van der Waals surface area (Å²) in [5, 5.41) is 2.74. The lowest BCUT2D eigenvalue weighted by atomic mass is 10.2. The van der Waals surface area contributed by atoms with Crippen molar-refractivity contribution in [1.82, 2.24) is 4.72 Å². The topological polar surface area (TPSA) is 58.2 Å². The number of sulfonamides is 1. The molecular weight excluding hydrogens is 304 g/mol. The summed E-state index contributed by atoms with van der Waals surface area (Å²) < 4.78 is 27.2. The molecule has 6 heteroatoms. The molecule has 1 heterocycles. The summed E-state index contributed by atoms with van der Waals surface area (Å²) in [6, 6.07) is 5.89. The summed E-state index contributed by atoms with van der Waals surface area (Å²) >= 11 is 3.40. The Kier molecular flexibility index (Phi) is 3.47. The maximum Gasteiger partial charge on any atom is 0.215 e. The highest BCUT2D eigenvalue weighted by Gasteiger charge is 2.26. The van der Waals surface area contributed by atoms with Crippen molar-refractivity contribution in [2.75, 3.05) is 5.32 Å². The lowest BCUT2D eigenvalue weighted by Crippen LogP contribution is -2.42. The third-order valence-electron chi connectivity index (χ3n) is 2.75. The molecule has 0 saturated heterocycles. The Labute approximate surface area is 110 Å². The Hall–Kier alpha value is -0.590. The van der Waals surface area contributed by atoms with Crippen molar-refractivity contribution < 1.29 is 8.42 Å². The van der Waals surface area contributed by atoms with Gasteiger partial charge in [0.15, 0.2) is 0 Å². The molecule has 0 aromatic heterocycles. The number of hydrogen-bond acceptors (Lipinski definition) is 3. The minimum absolute atomic E-state index is 0.244. The number of hydrogen-bond donors (Lipinski definition) is 2. The van der Waals surface area contributed by atoms with E-state index in [1.807, 2.05) is 18.2 Å². The molecule has 2 N–H and O–H groups in total. The standard InChI is InChI=1S/C11H15BrN2O2S/c1-7(2)17(15,16)14-11-6-8-5-9(12)3-4-10(8)13-11/h3-5,7,11,13-14H,6H2,1-2H3/t11-/m0/s1. The predicted octanol–water partition coefficient (Wildman–Crippen LogP) is 2.07. The van der Waals surface area contributed by atoms with Gasteiger partial charge in [0, 0.05) is 16.6 Å². The molecule has 0 amide bonds. The molecule has 1 aliphatic heterocycles. The highest BCUT2D eigenvalue weighted by atomic mass is 79.9. The van der Waals surface area contributed by atoms with E-state index in [9.17, 15) is 8.42 Å². The zero-order valence-corrected chi connectivity index (χ0v) is 12.1. The van der Waals surface area contributed by atoms with Crippen molar-refractivity contribution in [2.24, 2.45) is 0 Å². The van der Waals surface area contributed by atoms with Crippen molar-refractivity contribution in [2.45, 2.75) is 31.7 Å². The highest BCUT2D eigenvalue weighted by Crippen LogP contribution is 2.28. The molecule has 0 saturated carbocycles. The summed E-state index contributed by atoms with van der Waals surface area (Å²) in [6.07, 6.45) is 0.424. The van der Waals surface area contributed by atoms with Crippen LogP contribution in [0.1, 0.15) is 19.4 Å². The van der Waals surface area contributed by atoms with Crippen LogP contribution in [0.5, 0.6) is 0 Å². The molecule has 94 valence electrons. The molecule has 0 aliphatic carbocycles. The fraction of sp³-hybridized carbons (Fsp3) is 0.455. The lowest BCUT2D eigenvalue weighted by molar-refractivity contribution is 0.558. The van der Waals surface area contributed by atoms with E-state index in [0.29, 0.717) is 6.42 Å². The second kappa shape index (κ2) is 4.59. The number of halogens is 1. The van der Waals surface area contributed by atoms with E-state index in [4.69, 9.17) is 0 Å². The molecular formula is C11H15BrN2O2S. The molecule has 1 aromatic rings. The summed E-state index contributed by atoms with van der Waals surface area (Å²) in [5.74, 6) is 0. The van der Waals surface area contributed by atoms with Gasteiger partial charge >= 0.3 is 0 Å². The van der Waals surface area contributed by atoms with Crippen LogP contribution in [0.3, 0.4) is 0 Å². The van der Waals surface area contributed by atoms with Crippen LogP contribution in [-0.4, -0.2) is 19.8 Å².